The maximum Gasteiger partial charge on any atom is 0.519 e. The summed E-state index contributed by atoms with van der Waals surface area (Å²) < 4.78 is 17.9. The zero-order valence-corrected chi connectivity index (χ0v) is 27.7. The van der Waals surface area contributed by atoms with E-state index in [1.807, 2.05) is 31.2 Å². The van der Waals surface area contributed by atoms with Crippen LogP contribution < -0.4 is 15.0 Å². The van der Waals surface area contributed by atoms with Gasteiger partial charge >= 0.3 is 12.1 Å². The molecule has 1 atom stereocenters. The van der Waals surface area contributed by atoms with Gasteiger partial charge < -0.3 is 28.8 Å². The summed E-state index contributed by atoms with van der Waals surface area (Å²) in [4.78, 5) is 46.4. The summed E-state index contributed by atoms with van der Waals surface area (Å²) in [6, 6.07) is 14.7. The van der Waals surface area contributed by atoms with Gasteiger partial charge in [0.05, 0.1) is 29.0 Å². The fourth-order valence-corrected chi connectivity index (χ4v) is 7.50. The summed E-state index contributed by atoms with van der Waals surface area (Å²) >= 11 is 0. The van der Waals surface area contributed by atoms with Crippen molar-refractivity contribution < 1.29 is 28.9 Å². The van der Waals surface area contributed by atoms with E-state index in [1.165, 1.54) is 24.9 Å². The number of cyclic esters (lactones) is 1. The Hall–Kier alpha value is -4.54. The van der Waals surface area contributed by atoms with Gasteiger partial charge in [-0.3, -0.25) is 4.79 Å². The molecule has 1 saturated heterocycles. The quantitative estimate of drug-likeness (QED) is 0.154. The maximum absolute atomic E-state index is 13.6. The van der Waals surface area contributed by atoms with E-state index in [2.05, 4.69) is 11.8 Å². The van der Waals surface area contributed by atoms with Gasteiger partial charge in [-0.2, -0.15) is 0 Å². The average molecular weight is 652 g/mol. The first kappa shape index (κ1) is 32.0. The van der Waals surface area contributed by atoms with Gasteiger partial charge in [-0.05, 0) is 105 Å². The molecular formula is C38H41N3O7. The first-order valence-corrected chi connectivity index (χ1v) is 17.1. The summed E-state index contributed by atoms with van der Waals surface area (Å²) in [6.07, 6.45) is 4.62. The van der Waals surface area contributed by atoms with Crippen molar-refractivity contribution >= 4 is 23.0 Å². The minimum atomic E-state index is -1.88. The van der Waals surface area contributed by atoms with Crippen LogP contribution in [-0.4, -0.2) is 51.3 Å². The predicted molar refractivity (Wildman–Crippen MR) is 180 cm³/mol. The Morgan fingerprint density at radius 3 is 2.44 bits per heavy atom. The van der Waals surface area contributed by atoms with Crippen LogP contribution in [0.4, 0.5) is 4.79 Å². The van der Waals surface area contributed by atoms with Crippen molar-refractivity contribution in [2.75, 3.05) is 19.6 Å². The van der Waals surface area contributed by atoms with Crippen molar-refractivity contribution in [3.05, 3.63) is 86.7 Å². The number of benzene rings is 2. The van der Waals surface area contributed by atoms with Crippen molar-refractivity contribution in [2.24, 2.45) is 0 Å². The lowest BCUT2D eigenvalue weighted by Crippen LogP contribution is -2.44. The number of nitrogens with zero attached hydrogens (tertiary/aromatic N) is 3. The average Bonchev–Trinajstić information content (AvgIpc) is 3.47. The van der Waals surface area contributed by atoms with Crippen molar-refractivity contribution in [1.29, 1.82) is 0 Å². The SMILES string of the molecule is CCCCN1CCC(c2ccc(OC(=O)Oc3ccc4nc5c(c(CC)c4c3)Cn3c-5cc4c(c3=O)COC(=O)[C@]4(O)CC)cc2)CC1. The van der Waals surface area contributed by atoms with E-state index in [9.17, 15) is 19.5 Å². The number of ether oxygens (including phenoxy) is 3. The number of fused-ring (bicyclic) bond motifs is 5. The lowest BCUT2D eigenvalue weighted by Gasteiger charge is -2.32. The van der Waals surface area contributed by atoms with Gasteiger partial charge in [-0.15, -0.1) is 0 Å². The second-order valence-electron chi connectivity index (χ2n) is 13.0. The minimum absolute atomic E-state index is 0.0785. The second kappa shape index (κ2) is 12.8. The molecule has 2 aromatic heterocycles. The number of likely N-dealkylation sites (tertiary alicyclic amines) is 1. The second-order valence-corrected chi connectivity index (χ2v) is 13.0. The monoisotopic (exact) mass is 651 g/mol. The van der Waals surface area contributed by atoms with Crippen molar-refractivity contribution in [3.8, 4) is 22.9 Å². The third kappa shape index (κ3) is 5.56. The number of piperidine rings is 1. The number of aryl methyl sites for hydroxylation is 1. The fraction of sp³-hybridized carbons (Fsp3) is 0.421. The Morgan fingerprint density at radius 1 is 1.00 bits per heavy atom. The number of carbonyl (C=O) groups is 2. The molecule has 0 aliphatic carbocycles. The first-order chi connectivity index (χ1) is 23.2. The maximum atomic E-state index is 13.6. The minimum Gasteiger partial charge on any atom is -0.458 e. The van der Waals surface area contributed by atoms with E-state index in [0.29, 0.717) is 47.3 Å². The van der Waals surface area contributed by atoms with Crippen molar-refractivity contribution in [1.82, 2.24) is 14.5 Å². The number of hydrogen-bond donors (Lipinski definition) is 1. The van der Waals surface area contributed by atoms with Gasteiger partial charge in [-0.1, -0.05) is 39.3 Å². The number of pyridine rings is 2. The summed E-state index contributed by atoms with van der Waals surface area (Å²) in [6.45, 7) is 9.46. The lowest BCUT2D eigenvalue weighted by molar-refractivity contribution is -0.172. The molecule has 5 heterocycles. The third-order valence-corrected chi connectivity index (χ3v) is 10.3. The molecule has 4 aromatic rings. The molecule has 1 fully saturated rings. The molecule has 3 aliphatic heterocycles. The van der Waals surface area contributed by atoms with Gasteiger partial charge in [0.2, 0.25) is 0 Å². The highest BCUT2D eigenvalue weighted by Gasteiger charge is 2.45. The van der Waals surface area contributed by atoms with Gasteiger partial charge in [0.15, 0.2) is 5.60 Å². The van der Waals surface area contributed by atoms with Crippen LogP contribution in [0.3, 0.4) is 0 Å². The zero-order chi connectivity index (χ0) is 33.6. The van der Waals surface area contributed by atoms with Crippen LogP contribution in [0.5, 0.6) is 11.5 Å². The molecule has 10 heteroatoms. The molecule has 48 heavy (non-hydrogen) atoms. The van der Waals surface area contributed by atoms with E-state index in [1.54, 1.807) is 35.8 Å². The van der Waals surface area contributed by atoms with Crippen LogP contribution in [-0.2, 0) is 34.7 Å². The van der Waals surface area contributed by atoms with Gasteiger partial charge in [0.1, 0.15) is 18.1 Å². The zero-order valence-electron chi connectivity index (χ0n) is 27.7. The van der Waals surface area contributed by atoms with Crippen LogP contribution in [0.15, 0.2) is 53.3 Å². The normalized spacial score (nSPS) is 19.0. The number of hydrogen-bond acceptors (Lipinski definition) is 9. The largest absolute Gasteiger partial charge is 0.519 e. The Bertz CT molecular complexity index is 1960. The number of esters is 1. The molecule has 1 N–H and O–H groups in total. The predicted octanol–water partition coefficient (Wildman–Crippen LogP) is 6.20. The number of aromatic nitrogens is 2. The van der Waals surface area contributed by atoms with Gasteiger partial charge in [0, 0.05) is 16.5 Å². The van der Waals surface area contributed by atoms with Crippen LogP contribution in [0.2, 0.25) is 0 Å². The molecule has 10 nitrogen and oxygen atoms in total. The number of carbonyl (C=O) groups excluding carboxylic acids is 2. The molecule has 0 saturated carbocycles. The molecule has 0 bridgehead atoms. The third-order valence-electron chi connectivity index (χ3n) is 10.3. The van der Waals surface area contributed by atoms with E-state index in [4.69, 9.17) is 19.2 Å². The topological polar surface area (TPSA) is 120 Å². The van der Waals surface area contributed by atoms with E-state index in [0.717, 1.165) is 42.4 Å². The number of rotatable bonds is 8. The van der Waals surface area contributed by atoms with E-state index in [-0.39, 0.29) is 29.7 Å². The summed E-state index contributed by atoms with van der Waals surface area (Å²) in [5.41, 5.74) is 3.34. The van der Waals surface area contributed by atoms with Crippen molar-refractivity contribution in [3.63, 3.8) is 0 Å². The number of unbranched alkanes of at least 4 members (excludes halogenated alkanes) is 1. The molecule has 2 aromatic carbocycles. The standard InChI is InChI=1S/C38H41N3O7/c1-4-7-16-40-17-14-24(15-18-40)23-8-10-25(11-9-23)47-37(44)48-26-12-13-32-28(19-26)27(5-2)29-21-41-33(34(29)39-32)20-31-30(35(41)42)22-46-36(43)38(31,45)6-3/h8-13,19-20,24,45H,4-7,14-18,21-22H2,1-3H3/t38-/m0/s1. The lowest BCUT2D eigenvalue weighted by atomic mass is 9.86. The molecule has 3 aliphatic rings. The van der Waals surface area contributed by atoms with E-state index >= 15 is 0 Å². The molecule has 0 unspecified atom stereocenters. The van der Waals surface area contributed by atoms with Crippen LogP contribution in [0.25, 0.3) is 22.3 Å². The fourth-order valence-electron chi connectivity index (χ4n) is 7.50. The molecule has 0 spiro atoms. The van der Waals surface area contributed by atoms with E-state index < -0.39 is 17.7 Å². The summed E-state index contributed by atoms with van der Waals surface area (Å²) in [7, 11) is 0. The Labute approximate surface area is 279 Å². The smallest absolute Gasteiger partial charge is 0.458 e. The first-order valence-electron chi connectivity index (χ1n) is 17.1. The highest BCUT2D eigenvalue weighted by Crippen LogP contribution is 2.41. The Kier molecular flexibility index (Phi) is 8.55. The van der Waals surface area contributed by atoms with Crippen LogP contribution >= 0.6 is 0 Å². The van der Waals surface area contributed by atoms with Gasteiger partial charge in [0.25, 0.3) is 5.56 Å². The van der Waals surface area contributed by atoms with Gasteiger partial charge in [-0.25, -0.2) is 14.6 Å². The number of aliphatic hydroxyl groups is 1. The Balaban J connectivity index is 1.09. The summed E-state index contributed by atoms with van der Waals surface area (Å²) in [5.74, 6) is 0.505. The molecule has 0 amide bonds. The Morgan fingerprint density at radius 2 is 1.73 bits per heavy atom. The molecule has 0 radical (unpaired) electrons. The summed E-state index contributed by atoms with van der Waals surface area (Å²) in [5, 5.41) is 12.0. The molecule has 250 valence electrons. The molecule has 7 rings (SSSR count). The highest BCUT2D eigenvalue weighted by atomic mass is 16.7. The van der Waals surface area contributed by atoms with Crippen LogP contribution in [0.1, 0.15) is 86.6 Å². The molecular weight excluding hydrogens is 610 g/mol. The van der Waals surface area contributed by atoms with Crippen molar-refractivity contribution in [2.45, 2.75) is 84.0 Å². The van der Waals surface area contributed by atoms with Crippen LogP contribution in [0, 0.1) is 0 Å². The highest BCUT2D eigenvalue weighted by molar-refractivity contribution is 5.90.